The summed E-state index contributed by atoms with van der Waals surface area (Å²) >= 11 is 0. The van der Waals surface area contributed by atoms with E-state index in [-0.39, 0.29) is 53.9 Å². The van der Waals surface area contributed by atoms with E-state index in [9.17, 15) is 9.59 Å². The van der Waals surface area contributed by atoms with E-state index in [1.165, 1.54) is 31.0 Å². The van der Waals surface area contributed by atoms with Gasteiger partial charge in [-0.15, -0.1) is 0 Å². The number of nitrogens with zero attached hydrogens (tertiary/aromatic N) is 5. The van der Waals surface area contributed by atoms with Crippen molar-refractivity contribution in [1.82, 2.24) is 29.5 Å². The van der Waals surface area contributed by atoms with Crippen molar-refractivity contribution in [3.8, 4) is 45.8 Å². The molecule has 53 heavy (non-hydrogen) atoms. The van der Waals surface area contributed by atoms with Crippen LogP contribution in [0.3, 0.4) is 0 Å². The third-order valence-corrected chi connectivity index (χ3v) is 8.48. The van der Waals surface area contributed by atoms with Gasteiger partial charge in [0, 0.05) is 30.9 Å². The first-order valence-electron chi connectivity index (χ1n) is 16.8. The number of hydrogen-bond donors (Lipinski definition) is 1. The van der Waals surface area contributed by atoms with Crippen molar-refractivity contribution in [2.75, 3.05) is 27.9 Å². The van der Waals surface area contributed by atoms with Crippen LogP contribution >= 0.6 is 0 Å². The van der Waals surface area contributed by atoms with Crippen molar-refractivity contribution >= 4 is 17.4 Å². The van der Waals surface area contributed by atoms with Gasteiger partial charge < -0.3 is 37.8 Å². The number of ether oxygens (including phenoxy) is 5. The lowest BCUT2D eigenvalue weighted by Gasteiger charge is -2.11. The van der Waals surface area contributed by atoms with Gasteiger partial charge in [0.1, 0.15) is 40.9 Å². The highest BCUT2D eigenvalue weighted by atomic mass is 19.1. The quantitative estimate of drug-likeness (QED) is 0.125. The fourth-order valence-electron chi connectivity index (χ4n) is 5.89. The monoisotopic (exact) mass is 726 g/mol. The van der Waals surface area contributed by atoms with Crippen LogP contribution in [0.1, 0.15) is 57.4 Å². The second kappa shape index (κ2) is 15.5. The van der Waals surface area contributed by atoms with Gasteiger partial charge in [-0.05, 0) is 57.5 Å². The topological polar surface area (TPSA) is 153 Å². The molecule has 0 aliphatic heterocycles. The Hall–Kier alpha value is -6.38. The molecule has 2 aromatic carbocycles. The van der Waals surface area contributed by atoms with Gasteiger partial charge in [-0.1, -0.05) is 12.1 Å². The van der Waals surface area contributed by atoms with E-state index in [2.05, 4.69) is 20.4 Å². The number of halogens is 1. The lowest BCUT2D eigenvalue weighted by Crippen LogP contribution is -2.25. The average Bonchev–Trinajstić information content (AvgIpc) is 3.83. The molecule has 0 fully saturated rings. The number of aromatic nitrogens is 5. The van der Waals surface area contributed by atoms with Crippen LogP contribution in [0.25, 0.3) is 28.4 Å². The predicted molar refractivity (Wildman–Crippen MR) is 191 cm³/mol. The van der Waals surface area contributed by atoms with Gasteiger partial charge in [0.2, 0.25) is 11.7 Å². The third kappa shape index (κ3) is 7.09. The molecule has 4 heterocycles. The van der Waals surface area contributed by atoms with Crippen molar-refractivity contribution < 1.29 is 42.1 Å². The number of carbonyl (C=O) groups excluding carboxylic acids is 2. The third-order valence-electron chi connectivity index (χ3n) is 8.48. The summed E-state index contributed by atoms with van der Waals surface area (Å²) in [6, 6.07) is 12.5. The van der Waals surface area contributed by atoms with Gasteiger partial charge in [-0.3, -0.25) is 14.5 Å². The maximum atomic E-state index is 16.9. The summed E-state index contributed by atoms with van der Waals surface area (Å²) in [5.74, 6) is -0.868. The van der Waals surface area contributed by atoms with Gasteiger partial charge >= 0.3 is 5.97 Å². The summed E-state index contributed by atoms with van der Waals surface area (Å²) in [5, 5.41) is 7.39. The summed E-state index contributed by atoms with van der Waals surface area (Å²) in [6.07, 6.45) is 2.93. The molecule has 6 aromatic rings. The Morgan fingerprint density at radius 3 is 2.40 bits per heavy atom. The number of benzene rings is 2. The van der Waals surface area contributed by atoms with E-state index in [1.54, 1.807) is 50.8 Å². The molecule has 6 rings (SSSR count). The Balaban J connectivity index is 1.45. The van der Waals surface area contributed by atoms with Crippen LogP contribution in [0.5, 0.6) is 23.0 Å². The zero-order valence-electron chi connectivity index (χ0n) is 30.4. The van der Waals surface area contributed by atoms with Crippen molar-refractivity contribution in [2.24, 2.45) is 0 Å². The summed E-state index contributed by atoms with van der Waals surface area (Å²) in [6.45, 7) is 7.59. The van der Waals surface area contributed by atoms with Crippen LogP contribution in [0.4, 0.5) is 4.39 Å². The molecule has 0 saturated heterocycles. The Morgan fingerprint density at radius 2 is 1.72 bits per heavy atom. The summed E-state index contributed by atoms with van der Waals surface area (Å²) in [7, 11) is 4.62. The van der Waals surface area contributed by atoms with Gasteiger partial charge in [0.05, 0.1) is 50.9 Å². The smallest absolute Gasteiger partial charge is 0.376 e. The van der Waals surface area contributed by atoms with Crippen LogP contribution in [0.15, 0.2) is 59.3 Å². The molecule has 276 valence electrons. The van der Waals surface area contributed by atoms with Crippen LogP contribution < -0.4 is 24.3 Å². The Morgan fingerprint density at radius 1 is 0.981 bits per heavy atom. The number of methoxy groups -OCH3 is 3. The van der Waals surface area contributed by atoms with Crippen LogP contribution in [-0.4, -0.2) is 64.0 Å². The molecular formula is C38H39FN6O8. The van der Waals surface area contributed by atoms with Crippen molar-refractivity contribution in [1.29, 1.82) is 0 Å². The van der Waals surface area contributed by atoms with E-state index in [1.807, 2.05) is 31.2 Å². The van der Waals surface area contributed by atoms with E-state index in [4.69, 9.17) is 28.1 Å². The number of esters is 1. The zero-order chi connectivity index (χ0) is 37.8. The first-order valence-corrected chi connectivity index (χ1v) is 16.8. The standard InChI is InChI=1S/C38H39FN6O8/c1-8-45-33(34(22(4)43-45)52-20-23-10-13-25(48-5)14-11-23)37-42-31(35(53-37)38(47)51-9-2)29-27-18-40-21(3)19-44(27)32(30(29)39)36(46)41-17-24-12-15-26(49-6)16-28(24)50-7/h10-16,18-19H,8-9,17,20H2,1-7H3,(H,41,46). The van der Waals surface area contributed by atoms with Gasteiger partial charge in [-0.25, -0.2) is 14.2 Å². The highest BCUT2D eigenvalue weighted by Gasteiger charge is 2.34. The Labute approximate surface area is 304 Å². The van der Waals surface area contributed by atoms with Crippen molar-refractivity contribution in [3.05, 3.63) is 94.6 Å². The van der Waals surface area contributed by atoms with Gasteiger partial charge in [-0.2, -0.15) is 5.10 Å². The van der Waals surface area contributed by atoms with E-state index < -0.39 is 17.7 Å². The first kappa shape index (κ1) is 36.4. The molecule has 0 bridgehead atoms. The second-order valence-corrected chi connectivity index (χ2v) is 11.8. The number of rotatable bonds is 14. The molecule has 4 aromatic heterocycles. The molecule has 0 unspecified atom stereocenters. The molecule has 0 atom stereocenters. The zero-order valence-corrected chi connectivity index (χ0v) is 30.4. The molecule has 15 heteroatoms. The molecule has 0 spiro atoms. The Bertz CT molecular complexity index is 2290. The van der Waals surface area contributed by atoms with Crippen molar-refractivity contribution in [3.63, 3.8) is 0 Å². The SMILES string of the molecule is CCOC(=O)c1oc(-c2c(OCc3ccc(OC)cc3)c(C)nn2CC)nc1-c1c(F)c(C(=O)NCc2ccc(OC)cc2OC)n2cc(C)ncc12. The second-order valence-electron chi connectivity index (χ2n) is 11.8. The maximum Gasteiger partial charge on any atom is 0.376 e. The van der Waals surface area contributed by atoms with Gasteiger partial charge in [0.15, 0.2) is 17.3 Å². The number of oxazole rings is 1. The number of nitrogens with one attached hydrogen (secondary N) is 1. The summed E-state index contributed by atoms with van der Waals surface area (Å²) in [4.78, 5) is 36.3. The fourth-order valence-corrected chi connectivity index (χ4v) is 5.89. The minimum atomic E-state index is -0.946. The van der Waals surface area contributed by atoms with Crippen LogP contribution in [0.2, 0.25) is 0 Å². The molecule has 1 N–H and O–H groups in total. The minimum absolute atomic E-state index is 0.0126. The van der Waals surface area contributed by atoms with E-state index in [0.717, 1.165) is 5.56 Å². The minimum Gasteiger partial charge on any atom is -0.497 e. The molecule has 0 saturated carbocycles. The number of hydrogen-bond acceptors (Lipinski definition) is 11. The fraction of sp³-hybridized carbons (Fsp3) is 0.289. The Kier molecular flexibility index (Phi) is 10.6. The summed E-state index contributed by atoms with van der Waals surface area (Å²) in [5.41, 5.74) is 2.37. The molecule has 14 nitrogen and oxygen atoms in total. The highest BCUT2D eigenvalue weighted by molar-refractivity contribution is 6.02. The molecule has 0 aliphatic carbocycles. The molecule has 0 aliphatic rings. The summed E-state index contributed by atoms with van der Waals surface area (Å²) < 4.78 is 53.6. The normalized spacial score (nSPS) is 11.1. The average molecular weight is 727 g/mol. The maximum absolute atomic E-state index is 16.9. The van der Waals surface area contributed by atoms with Crippen LogP contribution in [-0.2, 0) is 24.4 Å². The van der Waals surface area contributed by atoms with Gasteiger partial charge in [0.25, 0.3) is 5.91 Å². The van der Waals surface area contributed by atoms with E-state index >= 15 is 4.39 Å². The highest BCUT2D eigenvalue weighted by Crippen LogP contribution is 2.40. The lowest BCUT2D eigenvalue weighted by molar-refractivity contribution is 0.0492. The molecule has 1 amide bonds. The van der Waals surface area contributed by atoms with Crippen LogP contribution in [0, 0.1) is 19.7 Å². The number of aryl methyl sites for hydroxylation is 3. The number of fused-ring (bicyclic) bond motifs is 1. The lowest BCUT2D eigenvalue weighted by atomic mass is 10.1. The predicted octanol–water partition coefficient (Wildman–Crippen LogP) is 6.34. The number of carbonyl (C=O) groups is 2. The number of amides is 1. The largest absolute Gasteiger partial charge is 0.497 e. The molecular weight excluding hydrogens is 687 g/mol. The van der Waals surface area contributed by atoms with E-state index in [0.29, 0.717) is 52.2 Å². The van der Waals surface area contributed by atoms with Crippen molar-refractivity contribution in [2.45, 2.75) is 47.4 Å². The first-order chi connectivity index (χ1) is 25.6. The molecule has 0 radical (unpaired) electrons.